The highest BCUT2D eigenvalue weighted by Gasteiger charge is 2.29. The summed E-state index contributed by atoms with van der Waals surface area (Å²) in [5.74, 6) is 1.38. The zero-order valence-electron chi connectivity index (χ0n) is 17.8. The van der Waals surface area contributed by atoms with Crippen LogP contribution in [0.2, 0.25) is 0 Å². The molecule has 30 heavy (non-hydrogen) atoms. The van der Waals surface area contributed by atoms with Crippen molar-refractivity contribution in [2.75, 3.05) is 12.4 Å². The normalized spacial score (nSPS) is 19.9. The summed E-state index contributed by atoms with van der Waals surface area (Å²) in [6.45, 7) is 5.81. The van der Waals surface area contributed by atoms with Crippen LogP contribution < -0.4 is 16.0 Å². The summed E-state index contributed by atoms with van der Waals surface area (Å²) in [4.78, 5) is 37.4. The molecular weight excluding hydrogens is 386 g/mol. The molecule has 1 atom stereocenters. The highest BCUT2D eigenvalue weighted by Crippen LogP contribution is 2.26. The van der Waals surface area contributed by atoms with Gasteiger partial charge in [0, 0.05) is 37.3 Å². The fourth-order valence-electron chi connectivity index (χ4n) is 3.39. The van der Waals surface area contributed by atoms with E-state index in [1.165, 1.54) is 12.4 Å². The second kappa shape index (κ2) is 9.64. The molecule has 0 aromatic carbocycles. The molecule has 2 amide bonds. The van der Waals surface area contributed by atoms with Crippen LogP contribution in [0.4, 0.5) is 5.95 Å². The predicted octanol–water partition coefficient (Wildman–Crippen LogP) is 2.19. The molecule has 1 aliphatic carbocycles. The number of carbonyl (C=O) groups excluding carboxylic acids is 2. The van der Waals surface area contributed by atoms with Crippen LogP contribution in [0.3, 0.4) is 0 Å². The van der Waals surface area contributed by atoms with Gasteiger partial charge in [0.05, 0.1) is 5.56 Å². The van der Waals surface area contributed by atoms with Gasteiger partial charge in [0.1, 0.15) is 6.04 Å². The van der Waals surface area contributed by atoms with Gasteiger partial charge < -0.3 is 20.5 Å². The highest BCUT2D eigenvalue weighted by molar-refractivity contribution is 5.93. The Balaban J connectivity index is 1.45. The molecule has 0 saturated heterocycles. The molecule has 3 rings (SSSR count). The molecule has 1 unspecified atom stereocenters. The molecule has 3 N–H and O–H groups in total. The van der Waals surface area contributed by atoms with E-state index in [9.17, 15) is 9.59 Å². The molecule has 0 aliphatic heterocycles. The van der Waals surface area contributed by atoms with Crippen molar-refractivity contribution >= 4 is 17.8 Å². The number of hydrogen-bond donors (Lipinski definition) is 3. The van der Waals surface area contributed by atoms with Crippen LogP contribution in [-0.4, -0.2) is 45.0 Å². The number of amides is 2. The summed E-state index contributed by atoms with van der Waals surface area (Å²) in [5, 5.41) is 12.7. The lowest BCUT2D eigenvalue weighted by atomic mass is 9.85. The monoisotopic (exact) mass is 415 g/mol. The first-order valence-corrected chi connectivity index (χ1v) is 10.3. The number of aromatic nitrogens is 4. The van der Waals surface area contributed by atoms with Crippen molar-refractivity contribution in [3.63, 3.8) is 0 Å². The third-order valence-electron chi connectivity index (χ3n) is 5.27. The van der Waals surface area contributed by atoms with E-state index in [-0.39, 0.29) is 35.7 Å². The topological polar surface area (TPSA) is 135 Å². The highest BCUT2D eigenvalue weighted by atomic mass is 16.5. The maximum absolute atomic E-state index is 12.6. The minimum atomic E-state index is -0.337. The van der Waals surface area contributed by atoms with E-state index in [4.69, 9.17) is 4.52 Å². The third kappa shape index (κ3) is 5.31. The Labute approximate surface area is 175 Å². The second-order valence-electron chi connectivity index (χ2n) is 7.94. The van der Waals surface area contributed by atoms with Gasteiger partial charge in [-0.05, 0) is 32.6 Å². The first-order valence-electron chi connectivity index (χ1n) is 10.3. The van der Waals surface area contributed by atoms with Gasteiger partial charge in [0.2, 0.25) is 17.7 Å². The van der Waals surface area contributed by atoms with Gasteiger partial charge in [-0.15, -0.1) is 0 Å². The first kappa shape index (κ1) is 21.7. The average Bonchev–Trinajstić information content (AvgIpc) is 3.25. The lowest BCUT2D eigenvalue weighted by Gasteiger charge is -2.28. The Morgan fingerprint density at radius 1 is 1.10 bits per heavy atom. The van der Waals surface area contributed by atoms with Crippen LogP contribution >= 0.6 is 0 Å². The van der Waals surface area contributed by atoms with Crippen LogP contribution in [0.5, 0.6) is 0 Å². The molecule has 10 heteroatoms. The number of rotatable bonds is 7. The van der Waals surface area contributed by atoms with E-state index in [0.717, 1.165) is 12.8 Å². The molecule has 0 bridgehead atoms. The van der Waals surface area contributed by atoms with Crippen LogP contribution in [0, 0.1) is 5.92 Å². The quantitative estimate of drug-likeness (QED) is 0.626. The van der Waals surface area contributed by atoms with E-state index >= 15 is 0 Å². The molecule has 2 heterocycles. The van der Waals surface area contributed by atoms with Crippen molar-refractivity contribution in [1.82, 2.24) is 30.7 Å². The second-order valence-corrected chi connectivity index (χ2v) is 7.94. The van der Waals surface area contributed by atoms with Crippen LogP contribution in [-0.2, 0) is 4.79 Å². The largest absolute Gasteiger partial charge is 0.357 e. The minimum Gasteiger partial charge on any atom is -0.357 e. The summed E-state index contributed by atoms with van der Waals surface area (Å²) >= 11 is 0. The summed E-state index contributed by atoms with van der Waals surface area (Å²) in [6.07, 6.45) is 5.89. The van der Waals surface area contributed by atoms with Gasteiger partial charge in [-0.3, -0.25) is 9.59 Å². The predicted molar refractivity (Wildman–Crippen MR) is 110 cm³/mol. The Kier molecular flexibility index (Phi) is 6.96. The lowest BCUT2D eigenvalue weighted by molar-refractivity contribution is -0.126. The van der Waals surface area contributed by atoms with Gasteiger partial charge in [0.15, 0.2) is 5.82 Å². The van der Waals surface area contributed by atoms with Gasteiger partial charge >= 0.3 is 0 Å². The van der Waals surface area contributed by atoms with E-state index in [1.807, 2.05) is 20.8 Å². The Morgan fingerprint density at radius 3 is 2.33 bits per heavy atom. The Hall–Kier alpha value is -3.04. The van der Waals surface area contributed by atoms with Gasteiger partial charge in [-0.2, -0.15) is 4.98 Å². The fraction of sp³-hybridized carbons (Fsp3) is 0.600. The van der Waals surface area contributed by atoms with Crippen LogP contribution in [0.1, 0.15) is 80.5 Å². The molecular formula is C20H29N7O3. The lowest BCUT2D eigenvalue weighted by Crippen LogP contribution is -2.41. The Morgan fingerprint density at radius 2 is 1.77 bits per heavy atom. The van der Waals surface area contributed by atoms with Crippen LogP contribution in [0.15, 0.2) is 16.9 Å². The van der Waals surface area contributed by atoms with Crippen molar-refractivity contribution in [2.45, 2.75) is 64.5 Å². The molecule has 1 fully saturated rings. The van der Waals surface area contributed by atoms with Crippen molar-refractivity contribution in [1.29, 1.82) is 0 Å². The number of hydrogen-bond acceptors (Lipinski definition) is 8. The summed E-state index contributed by atoms with van der Waals surface area (Å²) in [7, 11) is 1.72. The number of anilines is 1. The number of carbonyl (C=O) groups is 2. The van der Waals surface area contributed by atoms with Crippen molar-refractivity contribution in [3.8, 4) is 0 Å². The van der Waals surface area contributed by atoms with Crippen LogP contribution in [0.25, 0.3) is 0 Å². The minimum absolute atomic E-state index is 0.0207. The van der Waals surface area contributed by atoms with Crippen molar-refractivity contribution in [2.24, 2.45) is 5.92 Å². The zero-order valence-corrected chi connectivity index (χ0v) is 17.8. The first-order chi connectivity index (χ1) is 14.4. The molecule has 2 aromatic heterocycles. The van der Waals surface area contributed by atoms with Gasteiger partial charge in [0.25, 0.3) is 5.91 Å². The molecule has 1 aliphatic rings. The molecule has 1 saturated carbocycles. The maximum atomic E-state index is 12.6. The summed E-state index contributed by atoms with van der Waals surface area (Å²) < 4.78 is 5.26. The standard InChI is InChI=1S/C20H29N7O3/c1-11(2)16-26-19(30-27-16)12(3)24-17(28)13-5-7-15(8-6-13)25-18(29)14-9-22-20(21-4)23-10-14/h9-13,15H,5-8H2,1-4H3,(H,24,28)(H,25,29)(H,21,22,23). The molecule has 2 aromatic rings. The van der Waals surface area contributed by atoms with Crippen molar-refractivity contribution in [3.05, 3.63) is 29.7 Å². The summed E-state index contributed by atoms with van der Waals surface area (Å²) in [6, 6.07) is -0.303. The maximum Gasteiger partial charge on any atom is 0.254 e. The van der Waals surface area contributed by atoms with Gasteiger partial charge in [-0.25, -0.2) is 9.97 Å². The molecule has 10 nitrogen and oxygen atoms in total. The fourth-order valence-corrected chi connectivity index (χ4v) is 3.39. The summed E-state index contributed by atoms with van der Waals surface area (Å²) in [5.41, 5.74) is 0.419. The van der Waals surface area contributed by atoms with E-state index < -0.39 is 0 Å². The van der Waals surface area contributed by atoms with E-state index in [0.29, 0.717) is 36.1 Å². The van der Waals surface area contributed by atoms with E-state index in [2.05, 4.69) is 36.1 Å². The zero-order chi connectivity index (χ0) is 21.7. The Bertz CT molecular complexity index is 858. The number of nitrogens with one attached hydrogen (secondary N) is 3. The molecule has 162 valence electrons. The SMILES string of the molecule is CNc1ncc(C(=O)NC2CCC(C(=O)NC(C)c3nc(C(C)C)no3)CC2)cn1. The van der Waals surface area contributed by atoms with Gasteiger partial charge in [-0.1, -0.05) is 19.0 Å². The van der Waals surface area contributed by atoms with E-state index in [1.54, 1.807) is 7.05 Å². The smallest absolute Gasteiger partial charge is 0.254 e. The molecule has 0 radical (unpaired) electrons. The average molecular weight is 415 g/mol. The third-order valence-corrected chi connectivity index (χ3v) is 5.27. The molecule has 0 spiro atoms. The van der Waals surface area contributed by atoms with Crippen molar-refractivity contribution < 1.29 is 14.1 Å². The number of nitrogens with zero attached hydrogens (tertiary/aromatic N) is 4.